The summed E-state index contributed by atoms with van der Waals surface area (Å²) in [5.41, 5.74) is 2.37. The molecule has 0 radical (unpaired) electrons. The summed E-state index contributed by atoms with van der Waals surface area (Å²) in [7, 11) is 0. The molecule has 1 aromatic carbocycles. The lowest BCUT2D eigenvalue weighted by atomic mass is 10.2. The van der Waals surface area contributed by atoms with Gasteiger partial charge in [-0.3, -0.25) is 4.79 Å². The Labute approximate surface area is 133 Å². The molecular formula is C18H25N3O. The third-order valence-electron chi connectivity index (χ3n) is 4.65. The van der Waals surface area contributed by atoms with Crippen LogP contribution in [0.2, 0.25) is 0 Å². The maximum absolute atomic E-state index is 12.4. The lowest BCUT2D eigenvalue weighted by Crippen LogP contribution is -2.48. The van der Waals surface area contributed by atoms with Crippen molar-refractivity contribution < 1.29 is 4.79 Å². The van der Waals surface area contributed by atoms with Crippen LogP contribution >= 0.6 is 0 Å². The highest BCUT2D eigenvalue weighted by molar-refractivity contribution is 5.88. The molecular weight excluding hydrogens is 274 g/mol. The molecule has 4 heteroatoms. The lowest BCUT2D eigenvalue weighted by Gasteiger charge is -2.36. The number of amides is 1. The molecule has 2 aliphatic rings. The number of likely N-dealkylation sites (tertiary alicyclic amines) is 1. The number of hydrogen-bond acceptors (Lipinski definition) is 3. The molecule has 0 unspecified atom stereocenters. The maximum Gasteiger partial charge on any atom is 0.248 e. The van der Waals surface area contributed by atoms with E-state index >= 15 is 0 Å². The van der Waals surface area contributed by atoms with Crippen LogP contribution in [0.1, 0.15) is 19.8 Å². The number of anilines is 1. The number of allylic oxidation sites excluding steroid dienone is 1. The van der Waals surface area contributed by atoms with Crippen LogP contribution in [0.4, 0.5) is 5.69 Å². The van der Waals surface area contributed by atoms with E-state index in [9.17, 15) is 4.79 Å². The number of benzene rings is 1. The van der Waals surface area contributed by atoms with Crippen LogP contribution in [0.15, 0.2) is 42.1 Å². The Morgan fingerprint density at radius 1 is 0.909 bits per heavy atom. The summed E-state index contributed by atoms with van der Waals surface area (Å²) in [5, 5.41) is 0. The molecule has 0 aliphatic carbocycles. The number of hydrogen-bond donors (Lipinski definition) is 0. The number of carbonyl (C=O) groups is 1. The lowest BCUT2D eigenvalue weighted by molar-refractivity contribution is -0.126. The van der Waals surface area contributed by atoms with Crippen LogP contribution in [0, 0.1) is 0 Å². The number of para-hydroxylation sites is 1. The quantitative estimate of drug-likeness (QED) is 0.802. The second-order valence-corrected chi connectivity index (χ2v) is 6.13. The van der Waals surface area contributed by atoms with Crippen molar-refractivity contribution in [2.24, 2.45) is 0 Å². The van der Waals surface area contributed by atoms with Gasteiger partial charge < -0.3 is 14.7 Å². The monoisotopic (exact) mass is 299 g/mol. The highest BCUT2D eigenvalue weighted by Gasteiger charge is 2.21. The van der Waals surface area contributed by atoms with Crippen molar-refractivity contribution in [3.05, 3.63) is 42.1 Å². The van der Waals surface area contributed by atoms with Gasteiger partial charge in [0.2, 0.25) is 5.91 Å². The van der Waals surface area contributed by atoms with Gasteiger partial charge >= 0.3 is 0 Å². The third kappa shape index (κ3) is 3.43. The molecule has 0 N–H and O–H groups in total. The fraction of sp³-hybridized carbons (Fsp3) is 0.500. The minimum atomic E-state index is 0.164. The highest BCUT2D eigenvalue weighted by atomic mass is 16.2. The summed E-state index contributed by atoms with van der Waals surface area (Å²) >= 11 is 0. The Morgan fingerprint density at radius 2 is 1.55 bits per heavy atom. The molecule has 0 aromatic heterocycles. The van der Waals surface area contributed by atoms with E-state index in [2.05, 4.69) is 41.0 Å². The van der Waals surface area contributed by atoms with Crippen LogP contribution in [0.25, 0.3) is 0 Å². The Balaban J connectivity index is 1.54. The normalized spacial score (nSPS) is 19.7. The molecule has 2 aliphatic heterocycles. The van der Waals surface area contributed by atoms with E-state index in [-0.39, 0.29) is 5.91 Å². The second-order valence-electron chi connectivity index (χ2n) is 6.13. The van der Waals surface area contributed by atoms with Gasteiger partial charge in [-0.25, -0.2) is 0 Å². The van der Waals surface area contributed by atoms with Crippen molar-refractivity contribution in [3.8, 4) is 0 Å². The molecule has 3 rings (SSSR count). The second kappa shape index (κ2) is 6.86. The summed E-state index contributed by atoms with van der Waals surface area (Å²) in [6, 6.07) is 10.4. The third-order valence-corrected chi connectivity index (χ3v) is 4.65. The molecule has 2 fully saturated rings. The van der Waals surface area contributed by atoms with Crippen molar-refractivity contribution in [1.82, 2.24) is 9.80 Å². The van der Waals surface area contributed by atoms with Crippen molar-refractivity contribution in [3.63, 3.8) is 0 Å². The fourth-order valence-corrected chi connectivity index (χ4v) is 3.25. The Morgan fingerprint density at radius 3 is 2.18 bits per heavy atom. The van der Waals surface area contributed by atoms with Crippen molar-refractivity contribution >= 4 is 11.6 Å². The maximum atomic E-state index is 12.4. The summed E-state index contributed by atoms with van der Waals surface area (Å²) < 4.78 is 0. The first-order valence-electron chi connectivity index (χ1n) is 8.26. The van der Waals surface area contributed by atoms with Crippen LogP contribution < -0.4 is 4.90 Å². The Kier molecular flexibility index (Phi) is 4.66. The molecule has 0 atom stereocenters. The van der Waals surface area contributed by atoms with Crippen molar-refractivity contribution in [1.29, 1.82) is 0 Å². The molecule has 1 aromatic rings. The van der Waals surface area contributed by atoms with Gasteiger partial charge in [-0.2, -0.15) is 0 Å². The summed E-state index contributed by atoms with van der Waals surface area (Å²) in [6.07, 6.45) is 4.31. The van der Waals surface area contributed by atoms with E-state index < -0.39 is 0 Å². The Bertz CT molecular complexity index is 527. The summed E-state index contributed by atoms with van der Waals surface area (Å²) in [6.45, 7) is 7.67. The van der Waals surface area contributed by atoms with Gasteiger partial charge in [0.1, 0.15) is 0 Å². The largest absolute Gasteiger partial charge is 0.375 e. The number of rotatable bonds is 3. The van der Waals surface area contributed by atoms with Crippen LogP contribution in [0.3, 0.4) is 0 Å². The predicted molar refractivity (Wildman–Crippen MR) is 89.8 cm³/mol. The molecule has 1 amide bonds. The fourth-order valence-electron chi connectivity index (χ4n) is 3.25. The molecule has 2 saturated heterocycles. The standard InChI is InChI=1S/C18H25N3O/c1-16(19-9-5-6-10-19)15-18(22)21-13-11-20(12-14-21)17-7-3-2-4-8-17/h2-4,7-8,15H,5-6,9-14H2,1H3/b16-15-. The van der Waals surface area contributed by atoms with Gasteiger partial charge in [0.15, 0.2) is 0 Å². The topological polar surface area (TPSA) is 26.8 Å². The first-order chi connectivity index (χ1) is 10.7. The zero-order chi connectivity index (χ0) is 15.4. The van der Waals surface area contributed by atoms with Gasteiger partial charge in [0.25, 0.3) is 0 Å². The van der Waals surface area contributed by atoms with E-state index in [0.29, 0.717) is 0 Å². The van der Waals surface area contributed by atoms with Crippen LogP contribution in [-0.4, -0.2) is 55.0 Å². The molecule has 0 spiro atoms. The van der Waals surface area contributed by atoms with E-state index in [1.165, 1.54) is 18.5 Å². The predicted octanol–water partition coefficient (Wildman–Crippen LogP) is 2.33. The summed E-state index contributed by atoms with van der Waals surface area (Å²) in [5.74, 6) is 0.164. The minimum Gasteiger partial charge on any atom is -0.375 e. The minimum absolute atomic E-state index is 0.164. The zero-order valence-corrected chi connectivity index (χ0v) is 13.4. The van der Waals surface area contributed by atoms with Gasteiger partial charge in [-0.1, -0.05) is 18.2 Å². The highest BCUT2D eigenvalue weighted by Crippen LogP contribution is 2.17. The average molecular weight is 299 g/mol. The molecule has 4 nitrogen and oxygen atoms in total. The molecule has 118 valence electrons. The van der Waals surface area contributed by atoms with Crippen molar-refractivity contribution in [2.75, 3.05) is 44.2 Å². The molecule has 0 bridgehead atoms. The van der Waals surface area contributed by atoms with E-state index in [0.717, 1.165) is 45.0 Å². The number of carbonyl (C=O) groups excluding carboxylic acids is 1. The SMILES string of the molecule is C/C(=C/C(=O)N1CCN(c2ccccc2)CC1)N1CCCC1. The van der Waals surface area contributed by atoms with Gasteiger partial charge in [-0.05, 0) is 31.9 Å². The first kappa shape index (κ1) is 14.9. The number of piperazine rings is 1. The van der Waals surface area contributed by atoms with Gasteiger partial charge in [0, 0.05) is 56.7 Å². The van der Waals surface area contributed by atoms with E-state index in [4.69, 9.17) is 0 Å². The van der Waals surface area contributed by atoms with Gasteiger partial charge in [-0.15, -0.1) is 0 Å². The van der Waals surface area contributed by atoms with Gasteiger partial charge in [0.05, 0.1) is 0 Å². The van der Waals surface area contributed by atoms with E-state index in [1.54, 1.807) is 0 Å². The van der Waals surface area contributed by atoms with Crippen LogP contribution in [-0.2, 0) is 4.79 Å². The van der Waals surface area contributed by atoms with Crippen molar-refractivity contribution in [2.45, 2.75) is 19.8 Å². The Hall–Kier alpha value is -1.97. The number of nitrogens with zero attached hydrogens (tertiary/aromatic N) is 3. The molecule has 22 heavy (non-hydrogen) atoms. The molecule has 2 heterocycles. The zero-order valence-electron chi connectivity index (χ0n) is 13.4. The first-order valence-corrected chi connectivity index (χ1v) is 8.26. The smallest absolute Gasteiger partial charge is 0.248 e. The molecule has 0 saturated carbocycles. The van der Waals surface area contributed by atoms with E-state index in [1.807, 2.05) is 17.0 Å². The average Bonchev–Trinajstić information content (AvgIpc) is 3.10. The van der Waals surface area contributed by atoms with Crippen LogP contribution in [0.5, 0.6) is 0 Å². The summed E-state index contributed by atoms with van der Waals surface area (Å²) in [4.78, 5) is 19.0.